The van der Waals surface area contributed by atoms with Crippen LogP contribution in [0.25, 0.3) is 0 Å². The Balaban J connectivity index is 1.32. The molecule has 3 heterocycles. The number of fused-ring (bicyclic) bond motifs is 3. The van der Waals surface area contributed by atoms with E-state index in [1.54, 1.807) is 23.5 Å². The van der Waals surface area contributed by atoms with Crippen LogP contribution >= 0.6 is 23.1 Å². The zero-order chi connectivity index (χ0) is 19.7. The van der Waals surface area contributed by atoms with E-state index in [0.717, 1.165) is 40.5 Å². The first-order valence-electron chi connectivity index (χ1n) is 9.02. The van der Waals surface area contributed by atoms with Crippen molar-refractivity contribution >= 4 is 49.9 Å². The normalized spacial score (nSPS) is 17.0. The highest BCUT2D eigenvalue weighted by atomic mass is 32.2. The molecule has 1 N–H and O–H groups in total. The Labute approximate surface area is 172 Å². The fourth-order valence-corrected chi connectivity index (χ4v) is 6.21. The van der Waals surface area contributed by atoms with Gasteiger partial charge in [0.05, 0.1) is 16.4 Å². The molecular weight excluding hydrogens is 416 g/mol. The lowest BCUT2D eigenvalue weighted by molar-refractivity contribution is 0.0953. The summed E-state index contributed by atoms with van der Waals surface area (Å²) in [5, 5.41) is 6.61. The molecule has 0 bridgehead atoms. The average Bonchev–Trinajstić information content (AvgIpc) is 3.21. The Morgan fingerprint density at radius 2 is 2.18 bits per heavy atom. The number of sulfonamides is 1. The van der Waals surface area contributed by atoms with Gasteiger partial charge in [-0.15, -0.1) is 15.7 Å². The molecule has 148 valence electrons. The number of amides is 1. The van der Waals surface area contributed by atoms with E-state index in [1.807, 2.05) is 17.9 Å². The molecule has 0 saturated carbocycles. The standard InChI is InChI=1S/C18H20N4O3S3/c1-12-11-26-16(20-12)4-2-3-7-19-17(23)13-5-6-14-15(10-13)27-18-21-28(24,25)9-8-22(14)18/h5-6,10-11H,2-4,7-9H2,1H3,(H,19,23). The monoisotopic (exact) mass is 436 g/mol. The van der Waals surface area contributed by atoms with Gasteiger partial charge in [-0.3, -0.25) is 4.79 Å². The molecular formula is C18H20N4O3S3. The highest BCUT2D eigenvalue weighted by Gasteiger charge is 2.33. The van der Waals surface area contributed by atoms with E-state index >= 15 is 0 Å². The van der Waals surface area contributed by atoms with E-state index in [-0.39, 0.29) is 11.7 Å². The third kappa shape index (κ3) is 4.23. The Morgan fingerprint density at radius 3 is 2.96 bits per heavy atom. The van der Waals surface area contributed by atoms with Gasteiger partial charge in [-0.05, 0) is 56.1 Å². The number of thiazole rings is 1. The molecule has 28 heavy (non-hydrogen) atoms. The molecule has 0 saturated heterocycles. The maximum atomic E-state index is 12.4. The molecule has 0 fully saturated rings. The number of unbranched alkanes of at least 4 members (excludes halogenated alkanes) is 1. The molecule has 7 nitrogen and oxygen atoms in total. The van der Waals surface area contributed by atoms with Gasteiger partial charge in [0.1, 0.15) is 0 Å². The Hall–Kier alpha value is -1.91. The summed E-state index contributed by atoms with van der Waals surface area (Å²) >= 11 is 2.97. The molecule has 10 heteroatoms. The lowest BCUT2D eigenvalue weighted by Gasteiger charge is -2.22. The molecule has 0 radical (unpaired) electrons. The second-order valence-corrected chi connectivity index (χ2v) is 10.4. The first kappa shape index (κ1) is 19.4. The number of hydrogen-bond donors (Lipinski definition) is 1. The third-order valence-corrected chi connectivity index (χ3v) is 7.84. The van der Waals surface area contributed by atoms with Crippen LogP contribution in [0.2, 0.25) is 0 Å². The van der Waals surface area contributed by atoms with Crippen LogP contribution in [0.1, 0.15) is 33.9 Å². The topological polar surface area (TPSA) is 91.7 Å². The average molecular weight is 437 g/mol. The first-order chi connectivity index (χ1) is 13.4. The number of thioether (sulfide) groups is 1. The number of rotatable bonds is 6. The first-order valence-corrected chi connectivity index (χ1v) is 12.3. The minimum absolute atomic E-state index is 0.0132. The molecule has 0 unspecified atom stereocenters. The van der Waals surface area contributed by atoms with Gasteiger partial charge in [-0.25, -0.2) is 13.4 Å². The highest BCUT2D eigenvalue weighted by molar-refractivity contribution is 8.15. The van der Waals surface area contributed by atoms with Gasteiger partial charge in [-0.2, -0.15) is 0 Å². The number of nitrogens with zero attached hydrogens (tertiary/aromatic N) is 3. The van der Waals surface area contributed by atoms with Crippen LogP contribution in [0, 0.1) is 6.92 Å². The van der Waals surface area contributed by atoms with Crippen molar-refractivity contribution in [3.63, 3.8) is 0 Å². The predicted molar refractivity (Wildman–Crippen MR) is 113 cm³/mol. The number of carbonyl (C=O) groups excluding carboxylic acids is 1. The van der Waals surface area contributed by atoms with Gasteiger partial charge in [0.15, 0.2) is 5.17 Å². The van der Waals surface area contributed by atoms with Gasteiger partial charge in [-0.1, -0.05) is 0 Å². The van der Waals surface area contributed by atoms with Crippen molar-refractivity contribution in [1.29, 1.82) is 0 Å². The van der Waals surface area contributed by atoms with Crippen LogP contribution in [0.4, 0.5) is 5.69 Å². The number of carbonyl (C=O) groups is 1. The Bertz CT molecular complexity index is 1050. The minimum atomic E-state index is -3.38. The maximum absolute atomic E-state index is 12.4. The van der Waals surface area contributed by atoms with Crippen molar-refractivity contribution in [2.45, 2.75) is 31.1 Å². The summed E-state index contributed by atoms with van der Waals surface area (Å²) in [6.07, 6.45) is 2.81. The molecule has 0 spiro atoms. The van der Waals surface area contributed by atoms with Crippen molar-refractivity contribution in [3.8, 4) is 0 Å². The number of hydrogen-bond acceptors (Lipinski definition) is 7. The fraction of sp³-hybridized carbons (Fsp3) is 0.389. The summed E-state index contributed by atoms with van der Waals surface area (Å²) in [6, 6.07) is 5.45. The van der Waals surface area contributed by atoms with Gasteiger partial charge in [0.25, 0.3) is 15.9 Å². The van der Waals surface area contributed by atoms with Gasteiger partial charge in [0, 0.05) is 34.6 Å². The quantitative estimate of drug-likeness (QED) is 0.700. The molecule has 0 atom stereocenters. The highest BCUT2D eigenvalue weighted by Crippen LogP contribution is 2.42. The molecule has 2 aliphatic heterocycles. The molecule has 1 amide bonds. The lowest BCUT2D eigenvalue weighted by Crippen LogP contribution is -2.35. The minimum Gasteiger partial charge on any atom is -0.352 e. The zero-order valence-electron chi connectivity index (χ0n) is 15.3. The van der Waals surface area contributed by atoms with E-state index in [4.69, 9.17) is 0 Å². The van der Waals surface area contributed by atoms with Crippen LogP contribution in [-0.2, 0) is 16.4 Å². The van der Waals surface area contributed by atoms with Crippen LogP contribution in [0.5, 0.6) is 0 Å². The van der Waals surface area contributed by atoms with Crippen molar-refractivity contribution in [1.82, 2.24) is 10.3 Å². The largest absolute Gasteiger partial charge is 0.352 e. The molecule has 2 aromatic rings. The number of anilines is 1. The summed E-state index contributed by atoms with van der Waals surface area (Å²) in [5.74, 6) is -0.104. The predicted octanol–water partition coefficient (Wildman–Crippen LogP) is 2.82. The van der Waals surface area contributed by atoms with Gasteiger partial charge >= 0.3 is 0 Å². The number of benzene rings is 1. The summed E-state index contributed by atoms with van der Waals surface area (Å²) in [5.41, 5.74) is 2.54. The maximum Gasteiger partial charge on any atom is 0.257 e. The molecule has 0 aliphatic carbocycles. The number of aryl methyl sites for hydroxylation is 2. The second-order valence-electron chi connectivity index (χ2n) is 6.69. The SMILES string of the molecule is Cc1csc(CCCCNC(=O)c2ccc3c(c2)SC2=NS(=O)(=O)CCN23)n1. The summed E-state index contributed by atoms with van der Waals surface area (Å²) < 4.78 is 27.2. The van der Waals surface area contributed by atoms with Crippen LogP contribution in [0.15, 0.2) is 32.9 Å². The molecule has 4 rings (SSSR count). The van der Waals surface area contributed by atoms with Gasteiger partial charge < -0.3 is 10.2 Å². The number of nitrogens with one attached hydrogen (secondary N) is 1. The third-order valence-electron chi connectivity index (χ3n) is 4.50. The fourth-order valence-electron chi connectivity index (χ4n) is 3.09. The summed E-state index contributed by atoms with van der Waals surface area (Å²) in [4.78, 5) is 19.6. The second kappa shape index (κ2) is 7.84. The van der Waals surface area contributed by atoms with E-state index in [2.05, 4.69) is 20.1 Å². The van der Waals surface area contributed by atoms with E-state index in [9.17, 15) is 13.2 Å². The van der Waals surface area contributed by atoms with Crippen molar-refractivity contribution < 1.29 is 13.2 Å². The Morgan fingerprint density at radius 1 is 1.32 bits per heavy atom. The van der Waals surface area contributed by atoms with Crippen LogP contribution < -0.4 is 10.2 Å². The smallest absolute Gasteiger partial charge is 0.257 e. The molecule has 2 aliphatic rings. The Kier molecular flexibility index (Phi) is 5.44. The van der Waals surface area contributed by atoms with E-state index < -0.39 is 10.0 Å². The number of amidine groups is 1. The van der Waals surface area contributed by atoms with E-state index in [0.29, 0.717) is 23.8 Å². The molecule has 1 aromatic carbocycles. The summed E-state index contributed by atoms with van der Waals surface area (Å²) in [6.45, 7) is 3.00. The summed E-state index contributed by atoms with van der Waals surface area (Å²) in [7, 11) is -3.38. The van der Waals surface area contributed by atoms with Crippen LogP contribution in [-0.4, -0.2) is 43.3 Å². The van der Waals surface area contributed by atoms with Crippen LogP contribution in [0.3, 0.4) is 0 Å². The lowest BCUT2D eigenvalue weighted by atomic mass is 10.1. The van der Waals surface area contributed by atoms with Crippen molar-refractivity contribution in [3.05, 3.63) is 39.8 Å². The molecule has 1 aromatic heterocycles. The van der Waals surface area contributed by atoms with Crippen molar-refractivity contribution in [2.24, 2.45) is 4.40 Å². The number of aromatic nitrogens is 1. The van der Waals surface area contributed by atoms with Crippen molar-refractivity contribution in [2.75, 3.05) is 23.7 Å². The van der Waals surface area contributed by atoms with Gasteiger partial charge in [0.2, 0.25) is 0 Å². The zero-order valence-corrected chi connectivity index (χ0v) is 17.8. The van der Waals surface area contributed by atoms with E-state index in [1.165, 1.54) is 11.8 Å².